The van der Waals surface area contributed by atoms with Crippen molar-refractivity contribution >= 4 is 27.3 Å². The molecule has 0 saturated carbocycles. The van der Waals surface area contributed by atoms with Crippen LogP contribution in [0.15, 0.2) is 40.2 Å². The van der Waals surface area contributed by atoms with Crippen LogP contribution in [0.2, 0.25) is 0 Å². The number of ether oxygens (including phenoxy) is 1. The molecule has 0 spiro atoms. The monoisotopic (exact) mass is 325 g/mol. The molecule has 96 valence electrons. The fraction of sp³-hybridized carbons (Fsp3) is 0.286. The quantitative estimate of drug-likeness (QED) is 0.900. The van der Waals surface area contributed by atoms with Crippen LogP contribution in [0.4, 0.5) is 0 Å². The van der Waals surface area contributed by atoms with Gasteiger partial charge in [0, 0.05) is 15.9 Å². The van der Waals surface area contributed by atoms with E-state index in [-0.39, 0.29) is 6.10 Å². The Labute approximate surface area is 120 Å². The van der Waals surface area contributed by atoms with Gasteiger partial charge in [-0.2, -0.15) is 0 Å². The van der Waals surface area contributed by atoms with E-state index in [1.165, 1.54) is 10.4 Å². The van der Waals surface area contributed by atoms with Crippen LogP contribution in [0.25, 0.3) is 0 Å². The first kappa shape index (κ1) is 13.7. The molecule has 1 aromatic carbocycles. The van der Waals surface area contributed by atoms with E-state index in [0.717, 1.165) is 10.0 Å². The number of hydrogen-bond acceptors (Lipinski definition) is 3. The molecule has 2 nitrogen and oxygen atoms in total. The molecule has 0 bridgehead atoms. The minimum Gasteiger partial charge on any atom is -0.367 e. The number of benzene rings is 1. The number of hydrogen-bond donors (Lipinski definition) is 1. The van der Waals surface area contributed by atoms with E-state index >= 15 is 0 Å². The Bertz CT molecular complexity index is 512. The highest BCUT2D eigenvalue weighted by Gasteiger charge is 2.14. The van der Waals surface area contributed by atoms with Gasteiger partial charge in [-0.15, -0.1) is 11.3 Å². The minimum atomic E-state index is -0.0166. The Kier molecular flexibility index (Phi) is 4.95. The molecule has 1 atom stereocenters. The van der Waals surface area contributed by atoms with Gasteiger partial charge in [0.1, 0.15) is 6.10 Å². The maximum Gasteiger partial charge on any atom is 0.105 e. The number of rotatable bonds is 5. The van der Waals surface area contributed by atoms with Crippen molar-refractivity contribution in [3.8, 4) is 0 Å². The predicted molar refractivity (Wildman–Crippen MR) is 79.8 cm³/mol. The average Bonchev–Trinajstić information content (AvgIpc) is 2.79. The zero-order valence-electron chi connectivity index (χ0n) is 10.2. The van der Waals surface area contributed by atoms with E-state index in [2.05, 4.69) is 40.4 Å². The van der Waals surface area contributed by atoms with Crippen molar-refractivity contribution < 1.29 is 4.74 Å². The third kappa shape index (κ3) is 3.20. The van der Waals surface area contributed by atoms with E-state index in [1.54, 1.807) is 11.3 Å². The summed E-state index contributed by atoms with van der Waals surface area (Å²) in [6.07, 6.45) is -0.0166. The van der Waals surface area contributed by atoms with Crippen LogP contribution in [0.5, 0.6) is 0 Å². The molecule has 1 unspecified atom stereocenters. The minimum absolute atomic E-state index is 0.0166. The molecule has 2 N–H and O–H groups in total. The van der Waals surface area contributed by atoms with Crippen molar-refractivity contribution in [3.63, 3.8) is 0 Å². The Morgan fingerprint density at radius 1 is 1.33 bits per heavy atom. The highest BCUT2D eigenvalue weighted by Crippen LogP contribution is 2.27. The first-order valence-electron chi connectivity index (χ1n) is 5.81. The summed E-state index contributed by atoms with van der Waals surface area (Å²) in [5.41, 5.74) is 8.20. The maximum absolute atomic E-state index is 5.94. The van der Waals surface area contributed by atoms with E-state index in [4.69, 9.17) is 10.5 Å². The lowest BCUT2D eigenvalue weighted by molar-refractivity contribution is 0.0473. The summed E-state index contributed by atoms with van der Waals surface area (Å²) in [6, 6.07) is 10.2. The van der Waals surface area contributed by atoms with E-state index < -0.39 is 0 Å². The molecule has 1 heterocycles. The van der Waals surface area contributed by atoms with Crippen LogP contribution in [0.1, 0.15) is 22.1 Å². The lowest BCUT2D eigenvalue weighted by atomic mass is 10.2. The molecule has 0 aliphatic carbocycles. The maximum atomic E-state index is 5.94. The summed E-state index contributed by atoms with van der Waals surface area (Å²) in [6.45, 7) is 3.17. The van der Waals surface area contributed by atoms with Crippen LogP contribution in [0.3, 0.4) is 0 Å². The van der Waals surface area contributed by atoms with Gasteiger partial charge in [-0.05, 0) is 35.6 Å². The summed E-state index contributed by atoms with van der Waals surface area (Å²) >= 11 is 5.23. The average molecular weight is 326 g/mol. The highest BCUT2D eigenvalue weighted by molar-refractivity contribution is 9.10. The molecule has 1 aromatic heterocycles. The summed E-state index contributed by atoms with van der Waals surface area (Å²) in [7, 11) is 0. The molecular weight excluding hydrogens is 310 g/mol. The van der Waals surface area contributed by atoms with Crippen LogP contribution in [0, 0.1) is 6.92 Å². The molecular formula is C14H16BrNOS. The Morgan fingerprint density at radius 2 is 2.11 bits per heavy atom. The van der Waals surface area contributed by atoms with E-state index in [1.807, 2.05) is 18.2 Å². The number of thiophene rings is 1. The molecule has 0 aliphatic rings. The molecule has 0 fully saturated rings. The van der Waals surface area contributed by atoms with Gasteiger partial charge in [-0.25, -0.2) is 0 Å². The third-order valence-corrected chi connectivity index (χ3v) is 4.69. The van der Waals surface area contributed by atoms with Gasteiger partial charge in [0.15, 0.2) is 0 Å². The van der Waals surface area contributed by atoms with E-state index in [9.17, 15) is 0 Å². The molecule has 0 amide bonds. The Balaban J connectivity index is 2.05. The lowest BCUT2D eigenvalue weighted by Crippen LogP contribution is -2.15. The molecule has 18 heavy (non-hydrogen) atoms. The van der Waals surface area contributed by atoms with Crippen molar-refractivity contribution in [1.29, 1.82) is 0 Å². The Morgan fingerprint density at radius 3 is 2.72 bits per heavy atom. The summed E-state index contributed by atoms with van der Waals surface area (Å²) in [5.74, 6) is 0. The molecule has 4 heteroatoms. The SMILES string of the molecule is Cc1ccsc1C(CN)OCc1ccccc1Br. The number of aryl methyl sites for hydroxylation is 1. The number of halogens is 1. The van der Waals surface area contributed by atoms with Crippen molar-refractivity contribution in [3.05, 3.63) is 56.2 Å². The highest BCUT2D eigenvalue weighted by atomic mass is 79.9. The van der Waals surface area contributed by atoms with E-state index in [0.29, 0.717) is 13.2 Å². The van der Waals surface area contributed by atoms with Crippen LogP contribution < -0.4 is 5.73 Å². The smallest absolute Gasteiger partial charge is 0.105 e. The van der Waals surface area contributed by atoms with Crippen molar-refractivity contribution in [2.45, 2.75) is 19.6 Å². The zero-order chi connectivity index (χ0) is 13.0. The fourth-order valence-electron chi connectivity index (χ4n) is 1.77. The van der Waals surface area contributed by atoms with Gasteiger partial charge in [0.2, 0.25) is 0 Å². The van der Waals surface area contributed by atoms with Crippen LogP contribution in [-0.2, 0) is 11.3 Å². The molecule has 0 aliphatic heterocycles. The van der Waals surface area contributed by atoms with Crippen molar-refractivity contribution in [1.82, 2.24) is 0 Å². The molecule has 2 rings (SSSR count). The summed E-state index contributed by atoms with van der Waals surface area (Å²) in [4.78, 5) is 1.23. The van der Waals surface area contributed by atoms with Crippen LogP contribution >= 0.6 is 27.3 Å². The van der Waals surface area contributed by atoms with Gasteiger partial charge in [-0.1, -0.05) is 34.1 Å². The fourth-order valence-corrected chi connectivity index (χ4v) is 3.16. The van der Waals surface area contributed by atoms with Gasteiger partial charge in [0.05, 0.1) is 6.61 Å². The summed E-state index contributed by atoms with van der Waals surface area (Å²) < 4.78 is 7.01. The summed E-state index contributed by atoms with van der Waals surface area (Å²) in [5, 5.41) is 2.08. The Hall–Kier alpha value is -0.680. The molecule has 0 saturated heterocycles. The van der Waals surface area contributed by atoms with Crippen LogP contribution in [-0.4, -0.2) is 6.54 Å². The van der Waals surface area contributed by atoms with Crippen molar-refractivity contribution in [2.75, 3.05) is 6.54 Å². The lowest BCUT2D eigenvalue weighted by Gasteiger charge is -2.16. The normalized spacial score (nSPS) is 12.6. The van der Waals surface area contributed by atoms with Gasteiger partial charge in [0.25, 0.3) is 0 Å². The first-order chi connectivity index (χ1) is 8.72. The number of nitrogens with two attached hydrogens (primary N) is 1. The second-order valence-corrected chi connectivity index (χ2v) is 5.90. The standard InChI is InChI=1S/C14H16BrNOS/c1-10-6-7-18-14(10)13(8-16)17-9-11-4-2-3-5-12(11)15/h2-7,13H,8-9,16H2,1H3. The predicted octanol–water partition coefficient (Wildman–Crippen LogP) is 4.04. The first-order valence-corrected chi connectivity index (χ1v) is 7.48. The van der Waals surface area contributed by atoms with Crippen molar-refractivity contribution in [2.24, 2.45) is 5.73 Å². The third-order valence-electron chi connectivity index (χ3n) is 2.81. The second-order valence-electron chi connectivity index (χ2n) is 4.09. The van der Waals surface area contributed by atoms with Gasteiger partial charge < -0.3 is 10.5 Å². The molecule has 2 aromatic rings. The molecule has 0 radical (unpaired) electrons. The topological polar surface area (TPSA) is 35.2 Å². The van der Waals surface area contributed by atoms with Gasteiger partial charge in [-0.3, -0.25) is 0 Å². The van der Waals surface area contributed by atoms with Gasteiger partial charge >= 0.3 is 0 Å². The second kappa shape index (κ2) is 6.48. The largest absolute Gasteiger partial charge is 0.367 e. The zero-order valence-corrected chi connectivity index (χ0v) is 12.6.